The number of aliphatic hydroxyl groups is 3. The number of aromatic nitrogens is 4. The Bertz CT molecular complexity index is 1300. The average Bonchev–Trinajstić information content (AvgIpc) is 3.42. The molecule has 0 spiro atoms. The van der Waals surface area contributed by atoms with Crippen molar-refractivity contribution in [2.45, 2.75) is 62.6 Å². The molecule has 0 saturated carbocycles. The number of amides is 2. The molecule has 0 bridgehead atoms. The summed E-state index contributed by atoms with van der Waals surface area (Å²) in [5.74, 6) is 0. The molecule has 0 radical (unpaired) electrons. The highest BCUT2D eigenvalue weighted by atomic mass is 31.2. The van der Waals surface area contributed by atoms with Crippen LogP contribution in [0.4, 0.5) is 10.5 Å². The van der Waals surface area contributed by atoms with Gasteiger partial charge in [0.1, 0.15) is 18.3 Å². The summed E-state index contributed by atoms with van der Waals surface area (Å²) in [6.45, 7) is 0.481. The third kappa shape index (κ3) is 9.13. The van der Waals surface area contributed by atoms with Crippen LogP contribution < -0.4 is 10.6 Å². The Hall–Kier alpha value is -3.23. The fourth-order valence-electron chi connectivity index (χ4n) is 4.52. The minimum atomic E-state index is -4.31. The number of aryl methyl sites for hydroxylation is 1. The van der Waals surface area contributed by atoms with Gasteiger partial charge in [-0.15, -0.1) is 5.10 Å². The highest BCUT2D eigenvalue weighted by Gasteiger charge is 2.43. The summed E-state index contributed by atoms with van der Waals surface area (Å²) in [4.78, 5) is 34.6. The lowest BCUT2D eigenvalue weighted by Crippen LogP contribution is -2.58. The maximum atomic E-state index is 12.3. The van der Waals surface area contributed by atoms with Gasteiger partial charge in [0, 0.05) is 24.8 Å². The number of anilines is 1. The molecule has 2 aromatic heterocycles. The van der Waals surface area contributed by atoms with Crippen molar-refractivity contribution in [3.8, 4) is 5.69 Å². The molecule has 7 N–H and O–H groups in total. The maximum Gasteiger partial charge on any atom is 0.325 e. The highest BCUT2D eigenvalue weighted by molar-refractivity contribution is 7.51. The van der Waals surface area contributed by atoms with Gasteiger partial charge in [0.15, 0.2) is 0 Å². The first-order chi connectivity index (χ1) is 19.6. The molecular weight excluding hydrogens is 555 g/mol. The van der Waals surface area contributed by atoms with Crippen LogP contribution in [0.5, 0.6) is 0 Å². The van der Waals surface area contributed by atoms with Crippen LogP contribution in [0.15, 0.2) is 55.0 Å². The van der Waals surface area contributed by atoms with Gasteiger partial charge in [-0.1, -0.05) is 17.3 Å². The first-order valence-corrected chi connectivity index (χ1v) is 15.1. The largest absolute Gasteiger partial charge is 0.388 e. The summed E-state index contributed by atoms with van der Waals surface area (Å²) in [5, 5.41) is 44.6. The van der Waals surface area contributed by atoms with E-state index in [0.717, 1.165) is 36.2 Å². The maximum absolute atomic E-state index is 12.3. The second-order valence-corrected chi connectivity index (χ2v) is 11.7. The molecule has 1 aromatic carbocycles. The molecule has 5 atom stereocenters. The van der Waals surface area contributed by atoms with Gasteiger partial charge in [-0.3, -0.25) is 9.55 Å². The standard InChI is InChI=1S/C26H35N6O8P/c33-23-21(10-13-41(37,38)39)40-22(24(34)25(23)35)14-17-6-8-18(9-7-17)29-26(36)28-12-2-1-4-19-16-32(31-30-19)20-5-3-11-27-15-20/h3,5-9,11,15-16,21-25,33-35H,1-2,4,10,12-14H2,(H2,28,29,36)(H2,37,38,39)/t21-,22-,23-,24-,25+/m1/s1. The van der Waals surface area contributed by atoms with Crippen LogP contribution >= 0.6 is 7.60 Å². The van der Waals surface area contributed by atoms with E-state index in [2.05, 4.69) is 25.9 Å². The molecule has 222 valence electrons. The molecule has 1 aliphatic heterocycles. The molecule has 15 heteroatoms. The number of hydrogen-bond donors (Lipinski definition) is 7. The third-order valence-corrected chi connectivity index (χ3v) is 7.60. The first-order valence-electron chi connectivity index (χ1n) is 13.3. The summed E-state index contributed by atoms with van der Waals surface area (Å²) < 4.78 is 18.6. The van der Waals surface area contributed by atoms with Crippen molar-refractivity contribution in [1.82, 2.24) is 25.3 Å². The average molecular weight is 591 g/mol. The van der Waals surface area contributed by atoms with Gasteiger partial charge in [-0.2, -0.15) is 0 Å². The van der Waals surface area contributed by atoms with E-state index in [0.29, 0.717) is 12.2 Å². The minimum absolute atomic E-state index is 0.169. The molecular formula is C26H35N6O8P. The molecule has 41 heavy (non-hydrogen) atoms. The Kier molecular flexibility index (Phi) is 10.6. The van der Waals surface area contributed by atoms with Crippen molar-refractivity contribution < 1.29 is 39.2 Å². The quantitative estimate of drug-likeness (QED) is 0.116. The Morgan fingerprint density at radius 1 is 1.02 bits per heavy atom. The molecule has 3 heterocycles. The van der Waals surface area contributed by atoms with Crippen molar-refractivity contribution in [2.75, 3.05) is 18.0 Å². The van der Waals surface area contributed by atoms with E-state index in [1.807, 2.05) is 18.3 Å². The fourth-order valence-corrected chi connectivity index (χ4v) is 5.11. The van der Waals surface area contributed by atoms with Crippen LogP contribution in [0.3, 0.4) is 0 Å². The lowest BCUT2D eigenvalue weighted by atomic mass is 9.90. The number of urea groups is 1. The van der Waals surface area contributed by atoms with Crippen molar-refractivity contribution in [1.29, 1.82) is 0 Å². The predicted molar refractivity (Wildman–Crippen MR) is 147 cm³/mol. The first kappa shape index (κ1) is 30.7. The van der Waals surface area contributed by atoms with Gasteiger partial charge in [-0.25, -0.2) is 9.48 Å². The number of ether oxygens (including phenoxy) is 1. The number of unbranched alkanes of at least 4 members (excludes halogenated alkanes) is 1. The lowest BCUT2D eigenvalue weighted by molar-refractivity contribution is -0.221. The van der Waals surface area contributed by atoms with Gasteiger partial charge >= 0.3 is 13.6 Å². The second kappa shape index (κ2) is 14.1. The number of aliphatic hydroxyl groups excluding tert-OH is 3. The zero-order valence-electron chi connectivity index (χ0n) is 22.2. The van der Waals surface area contributed by atoms with Crippen LogP contribution in [0.25, 0.3) is 5.69 Å². The zero-order chi connectivity index (χ0) is 29.4. The van der Waals surface area contributed by atoms with Crippen LogP contribution in [0.1, 0.15) is 30.5 Å². The van der Waals surface area contributed by atoms with E-state index in [-0.39, 0.29) is 18.9 Å². The topological polar surface area (TPSA) is 212 Å². The van der Waals surface area contributed by atoms with E-state index >= 15 is 0 Å². The molecule has 1 aliphatic rings. The van der Waals surface area contributed by atoms with Gasteiger partial charge in [0.2, 0.25) is 0 Å². The number of benzene rings is 1. The minimum Gasteiger partial charge on any atom is -0.388 e. The lowest BCUT2D eigenvalue weighted by Gasteiger charge is -2.41. The molecule has 1 fully saturated rings. The Morgan fingerprint density at radius 3 is 2.49 bits per heavy atom. The molecule has 4 rings (SSSR count). The number of nitrogens with zero attached hydrogens (tertiary/aromatic N) is 4. The zero-order valence-corrected chi connectivity index (χ0v) is 23.1. The number of carbonyl (C=O) groups is 1. The van der Waals surface area contributed by atoms with Crippen LogP contribution in [-0.2, 0) is 22.1 Å². The number of pyridine rings is 1. The van der Waals surface area contributed by atoms with E-state index in [1.165, 1.54) is 0 Å². The monoisotopic (exact) mass is 590 g/mol. The summed E-state index contributed by atoms with van der Waals surface area (Å²) in [7, 11) is -4.31. The smallest absolute Gasteiger partial charge is 0.325 e. The molecule has 3 aromatic rings. The molecule has 2 amide bonds. The summed E-state index contributed by atoms with van der Waals surface area (Å²) >= 11 is 0. The second-order valence-electron chi connectivity index (χ2n) is 9.97. The number of carbonyl (C=O) groups excluding carboxylic acids is 1. The van der Waals surface area contributed by atoms with Crippen molar-refractivity contribution in [2.24, 2.45) is 0 Å². The molecule has 0 unspecified atom stereocenters. The van der Waals surface area contributed by atoms with Crippen molar-refractivity contribution in [3.63, 3.8) is 0 Å². The Balaban J connectivity index is 1.17. The van der Waals surface area contributed by atoms with Gasteiger partial charge < -0.3 is 40.5 Å². The normalized spacial score (nSPS) is 22.8. The van der Waals surface area contributed by atoms with E-state index in [4.69, 9.17) is 14.5 Å². The summed E-state index contributed by atoms with van der Waals surface area (Å²) in [6, 6.07) is 10.2. The number of hydrogen-bond acceptors (Lipinski definition) is 9. The predicted octanol–water partition coefficient (Wildman–Crippen LogP) is 0.767. The van der Waals surface area contributed by atoms with E-state index in [1.54, 1.807) is 41.3 Å². The van der Waals surface area contributed by atoms with Crippen molar-refractivity contribution in [3.05, 3.63) is 66.2 Å². The Morgan fingerprint density at radius 2 is 1.78 bits per heavy atom. The van der Waals surface area contributed by atoms with Crippen molar-refractivity contribution >= 4 is 19.3 Å². The molecule has 14 nitrogen and oxygen atoms in total. The highest BCUT2D eigenvalue weighted by Crippen LogP contribution is 2.37. The van der Waals surface area contributed by atoms with E-state index in [9.17, 15) is 24.7 Å². The number of rotatable bonds is 12. The molecule has 0 aliphatic carbocycles. The fraction of sp³-hybridized carbons (Fsp3) is 0.462. The van der Waals surface area contributed by atoms with Crippen LogP contribution in [0, 0.1) is 0 Å². The van der Waals surface area contributed by atoms with Gasteiger partial charge in [0.25, 0.3) is 0 Å². The van der Waals surface area contributed by atoms with Gasteiger partial charge in [0.05, 0.1) is 42.1 Å². The van der Waals surface area contributed by atoms with Gasteiger partial charge in [-0.05, 0) is 55.5 Å². The number of nitrogens with one attached hydrogen (secondary N) is 2. The Labute approximate surface area is 236 Å². The summed E-state index contributed by atoms with van der Waals surface area (Å²) in [6.07, 6.45) is 0.777. The van der Waals surface area contributed by atoms with E-state index < -0.39 is 44.3 Å². The SMILES string of the molecule is O=C(NCCCCc1cn(-c2cccnc2)nn1)Nc1ccc(C[C@H]2O[C@H](CCP(=O)(O)O)[C@@H](O)[C@H](O)[C@@H]2O)cc1. The van der Waals surface area contributed by atoms with Crippen LogP contribution in [0.2, 0.25) is 0 Å². The van der Waals surface area contributed by atoms with Crippen LogP contribution in [-0.4, -0.2) is 94.3 Å². The summed E-state index contributed by atoms with van der Waals surface area (Å²) in [5.41, 5.74) is 2.98. The molecule has 1 saturated heterocycles. The third-order valence-electron chi connectivity index (χ3n) is 6.76.